The van der Waals surface area contributed by atoms with Crippen LogP contribution in [0.15, 0.2) is 12.2 Å². The Labute approximate surface area is 57.1 Å². The Morgan fingerprint density at radius 2 is 2.11 bits per heavy atom. The summed E-state index contributed by atoms with van der Waals surface area (Å²) in [5, 5.41) is 3.23. The monoisotopic (exact) mass is 125 g/mol. The SMILES string of the molecule is CC(C)/C=C/C1CNC1. The minimum absolute atomic E-state index is 0.714. The number of allylic oxidation sites excluding steroid dienone is 1. The van der Waals surface area contributed by atoms with Crippen molar-refractivity contribution >= 4 is 0 Å². The lowest BCUT2D eigenvalue weighted by atomic mass is 10.0. The van der Waals surface area contributed by atoms with Gasteiger partial charge in [-0.2, -0.15) is 0 Å². The van der Waals surface area contributed by atoms with Crippen LogP contribution in [0.1, 0.15) is 13.8 Å². The lowest BCUT2D eigenvalue weighted by Crippen LogP contribution is -2.40. The molecule has 0 aliphatic carbocycles. The van der Waals surface area contributed by atoms with Crippen molar-refractivity contribution in [1.29, 1.82) is 0 Å². The molecule has 52 valence electrons. The molecule has 0 radical (unpaired) electrons. The van der Waals surface area contributed by atoms with Gasteiger partial charge in [0.15, 0.2) is 0 Å². The van der Waals surface area contributed by atoms with Crippen LogP contribution < -0.4 is 5.32 Å². The fraction of sp³-hybridized carbons (Fsp3) is 0.750. The van der Waals surface area contributed by atoms with Gasteiger partial charge in [0.25, 0.3) is 0 Å². The second-order valence-corrected chi connectivity index (χ2v) is 3.05. The molecule has 1 nitrogen and oxygen atoms in total. The van der Waals surface area contributed by atoms with Gasteiger partial charge in [0.2, 0.25) is 0 Å². The predicted molar refractivity (Wildman–Crippen MR) is 40.3 cm³/mol. The highest BCUT2D eigenvalue weighted by atomic mass is 14.9. The zero-order valence-corrected chi connectivity index (χ0v) is 6.22. The summed E-state index contributed by atoms with van der Waals surface area (Å²) in [5.74, 6) is 1.54. The second-order valence-electron chi connectivity index (χ2n) is 3.05. The summed E-state index contributed by atoms with van der Waals surface area (Å²) in [6, 6.07) is 0. The van der Waals surface area contributed by atoms with Crippen LogP contribution in [-0.2, 0) is 0 Å². The third-order valence-electron chi connectivity index (χ3n) is 1.58. The van der Waals surface area contributed by atoms with Crippen molar-refractivity contribution in [3.05, 3.63) is 12.2 Å². The molecule has 0 spiro atoms. The summed E-state index contributed by atoms with van der Waals surface area (Å²) in [5.41, 5.74) is 0. The zero-order chi connectivity index (χ0) is 6.69. The van der Waals surface area contributed by atoms with Gasteiger partial charge in [-0.05, 0) is 5.92 Å². The Morgan fingerprint density at radius 3 is 2.44 bits per heavy atom. The molecule has 1 aliphatic rings. The maximum atomic E-state index is 3.23. The van der Waals surface area contributed by atoms with E-state index in [4.69, 9.17) is 0 Å². The third kappa shape index (κ3) is 2.19. The van der Waals surface area contributed by atoms with Gasteiger partial charge in [0.1, 0.15) is 0 Å². The van der Waals surface area contributed by atoms with Crippen LogP contribution in [0.4, 0.5) is 0 Å². The van der Waals surface area contributed by atoms with Crippen LogP contribution >= 0.6 is 0 Å². The van der Waals surface area contributed by atoms with E-state index in [-0.39, 0.29) is 0 Å². The number of nitrogens with one attached hydrogen (secondary N) is 1. The fourth-order valence-corrected chi connectivity index (χ4v) is 0.826. The molecule has 0 atom stereocenters. The van der Waals surface area contributed by atoms with Crippen LogP contribution in [0.2, 0.25) is 0 Å². The normalized spacial score (nSPS) is 21.2. The molecule has 1 aliphatic heterocycles. The molecule has 0 bridgehead atoms. The molecule has 1 N–H and O–H groups in total. The summed E-state index contributed by atoms with van der Waals surface area (Å²) >= 11 is 0. The first kappa shape index (κ1) is 6.81. The topological polar surface area (TPSA) is 12.0 Å². The molecule has 0 amide bonds. The van der Waals surface area contributed by atoms with Gasteiger partial charge < -0.3 is 5.32 Å². The van der Waals surface area contributed by atoms with E-state index in [2.05, 4.69) is 31.3 Å². The van der Waals surface area contributed by atoms with Gasteiger partial charge in [0.05, 0.1) is 0 Å². The molecular formula is C8H15N. The van der Waals surface area contributed by atoms with Crippen molar-refractivity contribution in [3.63, 3.8) is 0 Å². The van der Waals surface area contributed by atoms with Crippen LogP contribution in [-0.4, -0.2) is 13.1 Å². The van der Waals surface area contributed by atoms with E-state index < -0.39 is 0 Å². The van der Waals surface area contributed by atoms with Gasteiger partial charge in [-0.25, -0.2) is 0 Å². The Morgan fingerprint density at radius 1 is 1.44 bits per heavy atom. The lowest BCUT2D eigenvalue weighted by Gasteiger charge is -2.23. The maximum absolute atomic E-state index is 3.23. The van der Waals surface area contributed by atoms with E-state index in [1.54, 1.807) is 0 Å². The molecule has 1 rings (SSSR count). The molecule has 1 heterocycles. The maximum Gasteiger partial charge on any atom is 0.00266 e. The minimum atomic E-state index is 0.714. The van der Waals surface area contributed by atoms with Crippen molar-refractivity contribution in [1.82, 2.24) is 5.32 Å². The minimum Gasteiger partial charge on any atom is -0.315 e. The van der Waals surface area contributed by atoms with Crippen molar-refractivity contribution in [2.45, 2.75) is 13.8 Å². The molecule has 0 aromatic carbocycles. The number of rotatable bonds is 2. The van der Waals surface area contributed by atoms with E-state index in [1.807, 2.05) is 0 Å². The van der Waals surface area contributed by atoms with Gasteiger partial charge in [0, 0.05) is 19.0 Å². The van der Waals surface area contributed by atoms with Crippen LogP contribution in [0, 0.1) is 11.8 Å². The van der Waals surface area contributed by atoms with E-state index in [0.29, 0.717) is 5.92 Å². The van der Waals surface area contributed by atoms with Crippen LogP contribution in [0.5, 0.6) is 0 Å². The first-order valence-corrected chi connectivity index (χ1v) is 3.68. The van der Waals surface area contributed by atoms with E-state index >= 15 is 0 Å². The Hall–Kier alpha value is -0.300. The van der Waals surface area contributed by atoms with Gasteiger partial charge in [-0.3, -0.25) is 0 Å². The van der Waals surface area contributed by atoms with Crippen molar-refractivity contribution in [3.8, 4) is 0 Å². The van der Waals surface area contributed by atoms with Gasteiger partial charge in [-0.15, -0.1) is 0 Å². The molecule has 0 aromatic heterocycles. The lowest BCUT2D eigenvalue weighted by molar-refractivity contribution is 0.417. The number of hydrogen-bond donors (Lipinski definition) is 1. The summed E-state index contributed by atoms with van der Waals surface area (Å²) in [6.45, 7) is 6.79. The largest absolute Gasteiger partial charge is 0.315 e. The first-order chi connectivity index (χ1) is 4.29. The quantitative estimate of drug-likeness (QED) is 0.550. The highest BCUT2D eigenvalue weighted by Crippen LogP contribution is 2.06. The molecule has 1 saturated heterocycles. The molecule has 0 saturated carbocycles. The van der Waals surface area contributed by atoms with Crippen molar-refractivity contribution in [2.75, 3.05) is 13.1 Å². The molecule has 9 heavy (non-hydrogen) atoms. The fourth-order valence-electron chi connectivity index (χ4n) is 0.826. The standard InChI is InChI=1S/C8H15N/c1-7(2)3-4-8-5-9-6-8/h3-4,7-9H,5-6H2,1-2H3/b4-3+. The Balaban J connectivity index is 2.14. The molecule has 1 fully saturated rings. The van der Waals surface area contributed by atoms with Crippen LogP contribution in [0.25, 0.3) is 0 Å². The second kappa shape index (κ2) is 3.02. The molecule has 0 unspecified atom stereocenters. The Bertz CT molecular complexity index is 101. The van der Waals surface area contributed by atoms with Crippen molar-refractivity contribution < 1.29 is 0 Å². The predicted octanol–water partition coefficient (Wildman–Crippen LogP) is 1.42. The average molecular weight is 125 g/mol. The van der Waals surface area contributed by atoms with E-state index in [1.165, 1.54) is 13.1 Å². The smallest absolute Gasteiger partial charge is 0.00266 e. The highest BCUT2D eigenvalue weighted by Gasteiger charge is 2.11. The zero-order valence-electron chi connectivity index (χ0n) is 6.22. The van der Waals surface area contributed by atoms with Gasteiger partial charge in [-0.1, -0.05) is 26.0 Å². The first-order valence-electron chi connectivity index (χ1n) is 3.68. The van der Waals surface area contributed by atoms with Gasteiger partial charge >= 0.3 is 0 Å². The highest BCUT2D eigenvalue weighted by molar-refractivity contribution is 4.96. The molecule has 0 aromatic rings. The Kier molecular flexibility index (Phi) is 2.29. The molecule has 1 heteroatoms. The summed E-state index contributed by atoms with van der Waals surface area (Å²) < 4.78 is 0. The van der Waals surface area contributed by atoms with E-state index in [0.717, 1.165) is 5.92 Å². The molecular weight excluding hydrogens is 110 g/mol. The summed E-state index contributed by atoms with van der Waals surface area (Å²) in [6.07, 6.45) is 4.60. The summed E-state index contributed by atoms with van der Waals surface area (Å²) in [4.78, 5) is 0. The van der Waals surface area contributed by atoms with E-state index in [9.17, 15) is 0 Å². The third-order valence-corrected chi connectivity index (χ3v) is 1.58. The summed E-state index contributed by atoms with van der Waals surface area (Å²) in [7, 11) is 0. The van der Waals surface area contributed by atoms with Crippen LogP contribution in [0.3, 0.4) is 0 Å². The average Bonchev–Trinajstić information content (AvgIpc) is 1.60. The number of hydrogen-bond acceptors (Lipinski definition) is 1. The van der Waals surface area contributed by atoms with Crippen molar-refractivity contribution in [2.24, 2.45) is 11.8 Å².